The molecule has 0 bridgehead atoms. The third-order valence-electron chi connectivity index (χ3n) is 3.16. The third-order valence-corrected chi connectivity index (χ3v) is 5.93. The third kappa shape index (κ3) is 2.18. The second-order valence-electron chi connectivity index (χ2n) is 4.18. The van der Waals surface area contributed by atoms with Crippen LogP contribution in [0.1, 0.15) is 19.3 Å². The molecule has 2 atom stereocenters. The molecule has 1 saturated carbocycles. The van der Waals surface area contributed by atoms with E-state index >= 15 is 0 Å². The summed E-state index contributed by atoms with van der Waals surface area (Å²) in [4.78, 5) is 0.147. The van der Waals surface area contributed by atoms with Crippen molar-refractivity contribution in [1.29, 1.82) is 5.26 Å². The molecule has 90 valence electrons. The molecule has 17 heavy (non-hydrogen) atoms. The first-order chi connectivity index (χ1) is 8.07. The van der Waals surface area contributed by atoms with Gasteiger partial charge >= 0.3 is 0 Å². The van der Waals surface area contributed by atoms with Crippen LogP contribution in [0.3, 0.4) is 0 Å². The fourth-order valence-corrected chi connectivity index (χ4v) is 4.78. The summed E-state index contributed by atoms with van der Waals surface area (Å²) in [6.07, 6.45) is 1.99. The van der Waals surface area contributed by atoms with E-state index in [-0.39, 0.29) is 9.92 Å². The van der Waals surface area contributed by atoms with E-state index in [4.69, 9.17) is 16.9 Å². The van der Waals surface area contributed by atoms with E-state index in [9.17, 15) is 8.42 Å². The molecule has 2 unspecified atom stereocenters. The predicted octanol–water partition coefficient (Wildman–Crippen LogP) is 2.81. The second-order valence-corrected chi connectivity index (χ2v) is 6.72. The molecule has 1 aliphatic carbocycles. The summed E-state index contributed by atoms with van der Waals surface area (Å²) in [5.74, 6) is -0.406. The molecule has 3 nitrogen and oxygen atoms in total. The van der Waals surface area contributed by atoms with Crippen molar-refractivity contribution in [3.63, 3.8) is 0 Å². The zero-order chi connectivity index (χ0) is 12.5. The summed E-state index contributed by atoms with van der Waals surface area (Å²) in [5, 5.41) is 8.60. The summed E-state index contributed by atoms with van der Waals surface area (Å²) >= 11 is 5.92. The minimum atomic E-state index is -3.49. The average molecular weight is 270 g/mol. The van der Waals surface area contributed by atoms with Crippen LogP contribution in [-0.4, -0.2) is 13.7 Å². The molecule has 5 heteroatoms. The Bertz CT molecular complexity index is 562. The predicted molar refractivity (Wildman–Crippen MR) is 65.4 cm³/mol. The van der Waals surface area contributed by atoms with Gasteiger partial charge in [-0.3, -0.25) is 0 Å². The van der Waals surface area contributed by atoms with Gasteiger partial charge in [-0.1, -0.05) is 30.2 Å². The first-order valence-electron chi connectivity index (χ1n) is 5.45. The van der Waals surface area contributed by atoms with Gasteiger partial charge in [0, 0.05) is 0 Å². The van der Waals surface area contributed by atoms with E-state index in [1.54, 1.807) is 18.2 Å². The first kappa shape index (κ1) is 12.4. The van der Waals surface area contributed by atoms with Gasteiger partial charge in [-0.15, -0.1) is 0 Å². The molecule has 0 heterocycles. The maximum absolute atomic E-state index is 12.4. The minimum absolute atomic E-state index is 0.147. The molecule has 0 aromatic heterocycles. The first-order valence-corrected chi connectivity index (χ1v) is 7.38. The van der Waals surface area contributed by atoms with Crippen LogP contribution in [0, 0.1) is 17.2 Å². The van der Waals surface area contributed by atoms with Crippen LogP contribution in [0.4, 0.5) is 0 Å². The van der Waals surface area contributed by atoms with Gasteiger partial charge < -0.3 is 0 Å². The smallest absolute Gasteiger partial charge is 0.183 e. The van der Waals surface area contributed by atoms with Crippen molar-refractivity contribution >= 4 is 21.4 Å². The molecule has 0 amide bonds. The molecule has 0 spiro atoms. The molecular weight excluding hydrogens is 258 g/mol. The number of rotatable bonds is 2. The van der Waals surface area contributed by atoms with Gasteiger partial charge in [0.15, 0.2) is 9.84 Å². The van der Waals surface area contributed by atoms with E-state index in [1.807, 2.05) is 0 Å². The Kier molecular flexibility index (Phi) is 3.41. The largest absolute Gasteiger partial charge is 0.223 e. The summed E-state index contributed by atoms with van der Waals surface area (Å²) in [5.41, 5.74) is 0. The number of hydrogen-bond acceptors (Lipinski definition) is 3. The maximum atomic E-state index is 12.4. The molecule has 0 aliphatic heterocycles. The number of sulfone groups is 1. The fraction of sp³-hybridized carbons (Fsp3) is 0.417. The number of benzene rings is 1. The van der Waals surface area contributed by atoms with Gasteiger partial charge in [0.1, 0.15) is 0 Å². The van der Waals surface area contributed by atoms with Crippen molar-refractivity contribution in [3.05, 3.63) is 29.3 Å². The van der Waals surface area contributed by atoms with E-state index in [2.05, 4.69) is 6.07 Å². The normalized spacial score (nSPS) is 24.5. The summed E-state index contributed by atoms with van der Waals surface area (Å²) in [7, 11) is -3.49. The lowest BCUT2D eigenvalue weighted by molar-refractivity contribution is 0.565. The quantitative estimate of drug-likeness (QED) is 0.829. The topological polar surface area (TPSA) is 57.9 Å². The number of halogens is 1. The maximum Gasteiger partial charge on any atom is 0.183 e. The van der Waals surface area contributed by atoms with Gasteiger partial charge in [0.05, 0.1) is 27.2 Å². The van der Waals surface area contributed by atoms with E-state index in [1.165, 1.54) is 6.07 Å². The van der Waals surface area contributed by atoms with E-state index < -0.39 is 21.0 Å². The molecule has 0 radical (unpaired) electrons. The molecule has 2 rings (SSSR count). The van der Waals surface area contributed by atoms with Gasteiger partial charge in [-0.05, 0) is 25.0 Å². The van der Waals surface area contributed by atoms with Crippen LogP contribution in [0.2, 0.25) is 5.02 Å². The molecule has 1 aromatic rings. The van der Waals surface area contributed by atoms with Crippen LogP contribution in [-0.2, 0) is 9.84 Å². The van der Waals surface area contributed by atoms with Gasteiger partial charge in [0.2, 0.25) is 0 Å². The van der Waals surface area contributed by atoms with Crippen molar-refractivity contribution in [1.82, 2.24) is 0 Å². The summed E-state index contributed by atoms with van der Waals surface area (Å²) in [6.45, 7) is 0. The molecular formula is C12H12ClNO2S. The van der Waals surface area contributed by atoms with Crippen molar-refractivity contribution in [2.24, 2.45) is 5.92 Å². The Morgan fingerprint density at radius 3 is 2.65 bits per heavy atom. The highest BCUT2D eigenvalue weighted by molar-refractivity contribution is 7.92. The minimum Gasteiger partial charge on any atom is -0.223 e. The molecule has 0 N–H and O–H groups in total. The van der Waals surface area contributed by atoms with Crippen LogP contribution < -0.4 is 0 Å². The number of nitriles is 1. The van der Waals surface area contributed by atoms with Crippen LogP contribution >= 0.6 is 11.6 Å². The van der Waals surface area contributed by atoms with Crippen LogP contribution in [0.15, 0.2) is 29.2 Å². The van der Waals surface area contributed by atoms with Crippen molar-refractivity contribution in [3.8, 4) is 6.07 Å². The highest BCUT2D eigenvalue weighted by Crippen LogP contribution is 2.36. The van der Waals surface area contributed by atoms with Gasteiger partial charge in [0.25, 0.3) is 0 Å². The zero-order valence-corrected chi connectivity index (χ0v) is 10.7. The monoisotopic (exact) mass is 269 g/mol. The zero-order valence-electron chi connectivity index (χ0n) is 9.14. The van der Waals surface area contributed by atoms with Crippen molar-refractivity contribution < 1.29 is 8.42 Å². The number of nitrogens with zero attached hydrogens (tertiary/aromatic N) is 1. The summed E-state index contributed by atoms with van der Waals surface area (Å²) in [6, 6.07) is 8.49. The molecule has 1 aromatic carbocycles. The van der Waals surface area contributed by atoms with Gasteiger partial charge in [-0.25, -0.2) is 8.42 Å². The SMILES string of the molecule is N#CC1CCCC1S(=O)(=O)c1ccccc1Cl. The highest BCUT2D eigenvalue weighted by Gasteiger charge is 2.39. The fourth-order valence-electron chi connectivity index (χ4n) is 2.28. The van der Waals surface area contributed by atoms with Crippen molar-refractivity contribution in [2.75, 3.05) is 0 Å². The van der Waals surface area contributed by atoms with Gasteiger partial charge in [-0.2, -0.15) is 5.26 Å². The Hall–Kier alpha value is -1.05. The second kappa shape index (κ2) is 4.67. The van der Waals surface area contributed by atoms with E-state index in [0.717, 1.165) is 6.42 Å². The average Bonchev–Trinajstić information content (AvgIpc) is 2.78. The Labute approximate surface area is 106 Å². The highest BCUT2D eigenvalue weighted by atomic mass is 35.5. The standard InChI is InChI=1S/C12H12ClNO2S/c13-10-5-1-2-6-12(10)17(15,16)11-7-3-4-9(11)8-14/h1-2,5-6,9,11H,3-4,7H2. The Morgan fingerprint density at radius 1 is 1.29 bits per heavy atom. The van der Waals surface area contributed by atoms with Crippen LogP contribution in [0.25, 0.3) is 0 Å². The lowest BCUT2D eigenvalue weighted by atomic mass is 10.1. The Morgan fingerprint density at radius 2 is 2.00 bits per heavy atom. The molecule has 0 saturated heterocycles. The lowest BCUT2D eigenvalue weighted by Crippen LogP contribution is -2.24. The number of hydrogen-bond donors (Lipinski definition) is 0. The van der Waals surface area contributed by atoms with E-state index in [0.29, 0.717) is 12.8 Å². The molecule has 1 aliphatic rings. The molecule has 1 fully saturated rings. The van der Waals surface area contributed by atoms with Crippen LogP contribution in [0.5, 0.6) is 0 Å². The lowest BCUT2D eigenvalue weighted by Gasteiger charge is -2.15. The Balaban J connectivity index is 2.45. The van der Waals surface area contributed by atoms with Crippen molar-refractivity contribution in [2.45, 2.75) is 29.4 Å². The summed E-state index contributed by atoms with van der Waals surface area (Å²) < 4.78 is 24.8.